The second-order valence-corrected chi connectivity index (χ2v) is 6.17. The van der Waals surface area contributed by atoms with Crippen LogP contribution in [0.1, 0.15) is 5.56 Å². The second-order valence-electron chi connectivity index (χ2n) is 4.49. The molecule has 1 aliphatic heterocycles. The smallest absolute Gasteiger partial charge is 0.261 e. The first-order valence-electron chi connectivity index (χ1n) is 6.04. The second kappa shape index (κ2) is 4.72. The van der Waals surface area contributed by atoms with Crippen molar-refractivity contribution in [2.45, 2.75) is 11.8 Å². The molecule has 20 heavy (non-hydrogen) atoms. The van der Waals surface area contributed by atoms with Gasteiger partial charge in [-0.05, 0) is 31.2 Å². The van der Waals surface area contributed by atoms with E-state index < -0.39 is 10.0 Å². The van der Waals surface area contributed by atoms with E-state index in [1.807, 2.05) is 6.92 Å². The van der Waals surface area contributed by atoms with Gasteiger partial charge in [0.1, 0.15) is 0 Å². The largest absolute Gasteiger partial charge is 0.454 e. The first-order chi connectivity index (χ1) is 9.54. The van der Waals surface area contributed by atoms with Gasteiger partial charge in [0.15, 0.2) is 11.5 Å². The highest BCUT2D eigenvalue weighted by molar-refractivity contribution is 7.92. The van der Waals surface area contributed by atoms with Gasteiger partial charge in [-0.2, -0.15) is 0 Å². The lowest BCUT2D eigenvalue weighted by molar-refractivity contribution is 0.174. The molecule has 0 saturated heterocycles. The van der Waals surface area contributed by atoms with Crippen molar-refractivity contribution in [2.24, 2.45) is 0 Å². The van der Waals surface area contributed by atoms with Crippen LogP contribution in [-0.2, 0) is 10.0 Å². The van der Waals surface area contributed by atoms with E-state index in [-0.39, 0.29) is 11.7 Å². The number of benzene rings is 2. The molecule has 0 radical (unpaired) electrons. The maximum absolute atomic E-state index is 12.2. The molecule has 0 spiro atoms. The summed E-state index contributed by atoms with van der Waals surface area (Å²) in [6.07, 6.45) is 0. The average Bonchev–Trinajstić information content (AvgIpc) is 2.86. The van der Waals surface area contributed by atoms with Crippen LogP contribution in [0.25, 0.3) is 0 Å². The van der Waals surface area contributed by atoms with Gasteiger partial charge in [-0.25, -0.2) is 8.42 Å². The van der Waals surface area contributed by atoms with E-state index in [0.29, 0.717) is 17.2 Å². The molecule has 2 aromatic rings. The van der Waals surface area contributed by atoms with Gasteiger partial charge in [0.25, 0.3) is 10.0 Å². The average molecular weight is 291 g/mol. The third kappa shape index (κ3) is 2.42. The van der Waals surface area contributed by atoms with Gasteiger partial charge in [0, 0.05) is 6.07 Å². The van der Waals surface area contributed by atoms with E-state index in [0.717, 1.165) is 5.56 Å². The van der Waals surface area contributed by atoms with Crippen molar-refractivity contribution in [2.75, 3.05) is 11.5 Å². The van der Waals surface area contributed by atoms with Gasteiger partial charge < -0.3 is 9.47 Å². The summed E-state index contributed by atoms with van der Waals surface area (Å²) in [5.41, 5.74) is 1.45. The van der Waals surface area contributed by atoms with Crippen molar-refractivity contribution in [3.05, 3.63) is 48.0 Å². The molecule has 0 unspecified atom stereocenters. The molecule has 104 valence electrons. The summed E-state index contributed by atoms with van der Waals surface area (Å²) < 4.78 is 37.4. The fourth-order valence-electron chi connectivity index (χ4n) is 1.89. The number of ether oxygens (including phenoxy) is 2. The van der Waals surface area contributed by atoms with Gasteiger partial charge in [-0.1, -0.05) is 17.7 Å². The predicted molar refractivity (Wildman–Crippen MR) is 74.6 cm³/mol. The molecule has 0 fully saturated rings. The van der Waals surface area contributed by atoms with E-state index in [1.54, 1.807) is 42.5 Å². The zero-order valence-corrected chi connectivity index (χ0v) is 11.6. The molecule has 6 heteroatoms. The van der Waals surface area contributed by atoms with Crippen LogP contribution in [0.2, 0.25) is 0 Å². The number of hydrogen-bond donors (Lipinski definition) is 1. The van der Waals surface area contributed by atoms with Crippen molar-refractivity contribution in [1.29, 1.82) is 0 Å². The highest BCUT2D eigenvalue weighted by atomic mass is 32.2. The summed E-state index contributed by atoms with van der Waals surface area (Å²) in [5, 5.41) is 0. The minimum atomic E-state index is -3.59. The minimum Gasteiger partial charge on any atom is -0.454 e. The Kier molecular flexibility index (Phi) is 3.02. The van der Waals surface area contributed by atoms with Crippen molar-refractivity contribution < 1.29 is 17.9 Å². The molecule has 5 nitrogen and oxygen atoms in total. The fraction of sp³-hybridized carbons (Fsp3) is 0.143. The lowest BCUT2D eigenvalue weighted by Gasteiger charge is -2.09. The molecular formula is C14H13NO4S. The molecule has 3 rings (SSSR count). The van der Waals surface area contributed by atoms with Crippen molar-refractivity contribution >= 4 is 15.7 Å². The number of rotatable bonds is 3. The Morgan fingerprint density at radius 3 is 2.45 bits per heavy atom. The van der Waals surface area contributed by atoms with E-state index in [4.69, 9.17) is 9.47 Å². The van der Waals surface area contributed by atoms with Crippen LogP contribution >= 0.6 is 0 Å². The number of fused-ring (bicyclic) bond motifs is 1. The third-order valence-corrected chi connectivity index (χ3v) is 4.35. The van der Waals surface area contributed by atoms with E-state index in [9.17, 15) is 8.42 Å². The first-order valence-corrected chi connectivity index (χ1v) is 7.52. The first kappa shape index (κ1) is 12.8. The number of aryl methyl sites for hydroxylation is 1. The fourth-order valence-corrected chi connectivity index (χ4v) is 2.94. The predicted octanol–water partition coefficient (Wildman–Crippen LogP) is 2.52. The summed E-state index contributed by atoms with van der Waals surface area (Å²) in [4.78, 5) is 0.223. The van der Waals surface area contributed by atoms with Crippen molar-refractivity contribution in [3.63, 3.8) is 0 Å². The van der Waals surface area contributed by atoms with Crippen LogP contribution in [0.3, 0.4) is 0 Å². The highest BCUT2D eigenvalue weighted by Crippen LogP contribution is 2.34. The zero-order valence-electron chi connectivity index (χ0n) is 10.8. The van der Waals surface area contributed by atoms with Crippen LogP contribution < -0.4 is 14.2 Å². The van der Waals surface area contributed by atoms with Crippen LogP contribution in [0, 0.1) is 6.92 Å². The molecule has 0 atom stereocenters. The monoisotopic (exact) mass is 291 g/mol. The Labute approximate surface area is 117 Å². The molecule has 0 aliphatic carbocycles. The van der Waals surface area contributed by atoms with Crippen molar-refractivity contribution in [3.8, 4) is 11.5 Å². The standard InChI is InChI=1S/C14H13NO4S/c1-10-2-5-12(6-3-10)20(16,17)15-11-4-7-13-14(8-11)19-9-18-13/h2-8,15H,9H2,1H3. The lowest BCUT2D eigenvalue weighted by atomic mass is 10.2. The molecule has 2 aromatic carbocycles. The van der Waals surface area contributed by atoms with E-state index in [1.165, 1.54) is 0 Å². The van der Waals surface area contributed by atoms with Crippen LogP contribution in [0.4, 0.5) is 5.69 Å². The summed E-state index contributed by atoms with van der Waals surface area (Å²) >= 11 is 0. The molecular weight excluding hydrogens is 278 g/mol. The van der Waals surface area contributed by atoms with E-state index in [2.05, 4.69) is 4.72 Å². The molecule has 0 aromatic heterocycles. The Hall–Kier alpha value is -2.21. The van der Waals surface area contributed by atoms with Crippen molar-refractivity contribution in [1.82, 2.24) is 0 Å². The Balaban J connectivity index is 1.88. The summed E-state index contributed by atoms with van der Waals surface area (Å²) in [7, 11) is -3.59. The van der Waals surface area contributed by atoms with Gasteiger partial charge in [0.2, 0.25) is 6.79 Å². The van der Waals surface area contributed by atoms with Gasteiger partial charge in [0.05, 0.1) is 10.6 Å². The maximum atomic E-state index is 12.2. The Bertz CT molecular complexity index is 738. The molecule has 1 aliphatic rings. The van der Waals surface area contributed by atoms with Gasteiger partial charge in [-0.15, -0.1) is 0 Å². The Morgan fingerprint density at radius 2 is 1.70 bits per heavy atom. The summed E-state index contributed by atoms with van der Waals surface area (Å²) in [5.74, 6) is 1.15. The van der Waals surface area contributed by atoms with Gasteiger partial charge in [-0.3, -0.25) is 4.72 Å². The third-order valence-electron chi connectivity index (χ3n) is 2.96. The summed E-state index contributed by atoms with van der Waals surface area (Å²) in [6.45, 7) is 2.06. The summed E-state index contributed by atoms with van der Waals surface area (Å²) in [6, 6.07) is 11.6. The normalized spacial score (nSPS) is 13.2. The van der Waals surface area contributed by atoms with Crippen LogP contribution in [-0.4, -0.2) is 15.2 Å². The molecule has 0 bridgehead atoms. The molecule has 0 amide bonds. The molecule has 1 heterocycles. The maximum Gasteiger partial charge on any atom is 0.261 e. The zero-order chi connectivity index (χ0) is 14.2. The number of anilines is 1. The lowest BCUT2D eigenvalue weighted by Crippen LogP contribution is -2.12. The number of sulfonamides is 1. The SMILES string of the molecule is Cc1ccc(S(=O)(=O)Nc2ccc3c(c2)OCO3)cc1. The van der Waals surface area contributed by atoms with Crippen LogP contribution in [0.5, 0.6) is 11.5 Å². The van der Waals surface area contributed by atoms with E-state index >= 15 is 0 Å². The Morgan fingerprint density at radius 1 is 1.00 bits per heavy atom. The molecule has 1 N–H and O–H groups in total. The quantitative estimate of drug-likeness (QED) is 0.943. The minimum absolute atomic E-state index is 0.156. The highest BCUT2D eigenvalue weighted by Gasteiger charge is 2.17. The topological polar surface area (TPSA) is 64.6 Å². The van der Waals surface area contributed by atoms with Crippen LogP contribution in [0.15, 0.2) is 47.4 Å². The number of nitrogens with one attached hydrogen (secondary N) is 1. The van der Waals surface area contributed by atoms with Gasteiger partial charge >= 0.3 is 0 Å². The molecule has 0 saturated carbocycles. The number of hydrogen-bond acceptors (Lipinski definition) is 4.